The van der Waals surface area contributed by atoms with Gasteiger partial charge in [-0.15, -0.1) is 10.2 Å². The van der Waals surface area contributed by atoms with Crippen LogP contribution in [0.1, 0.15) is 10.5 Å². The zero-order chi connectivity index (χ0) is 16.1. The van der Waals surface area contributed by atoms with Crippen LogP contribution >= 0.6 is 23.4 Å². The number of nitrogens with one attached hydrogen (secondary N) is 1. The first-order valence-electron chi connectivity index (χ1n) is 6.84. The second-order valence-corrected chi connectivity index (χ2v) is 6.16. The number of hydrogen-bond donors (Lipinski definition) is 1. The molecule has 0 aliphatic rings. The van der Waals surface area contributed by atoms with Gasteiger partial charge in [-0.25, -0.2) is 0 Å². The third kappa shape index (κ3) is 4.31. The van der Waals surface area contributed by atoms with Crippen LogP contribution in [0, 0.1) is 0 Å². The van der Waals surface area contributed by atoms with Gasteiger partial charge in [-0.05, 0) is 48.5 Å². The van der Waals surface area contributed by atoms with E-state index in [0.717, 1.165) is 10.6 Å². The lowest BCUT2D eigenvalue weighted by atomic mass is 10.3. The van der Waals surface area contributed by atoms with Gasteiger partial charge < -0.3 is 5.32 Å². The summed E-state index contributed by atoms with van der Waals surface area (Å²) in [5.74, 6) is -0.285. The minimum Gasteiger partial charge on any atom is -0.321 e. The third-order valence-corrected chi connectivity index (χ3v) is 4.13. The number of rotatable bonds is 4. The number of benzene rings is 2. The fourth-order valence-electron chi connectivity index (χ4n) is 1.84. The van der Waals surface area contributed by atoms with Crippen molar-refractivity contribution in [2.45, 2.75) is 9.92 Å². The number of aromatic nitrogens is 2. The normalized spacial score (nSPS) is 10.3. The quantitative estimate of drug-likeness (QED) is 0.757. The van der Waals surface area contributed by atoms with Gasteiger partial charge in [0.2, 0.25) is 0 Å². The molecule has 0 saturated carbocycles. The van der Waals surface area contributed by atoms with Gasteiger partial charge in [-0.3, -0.25) is 4.79 Å². The van der Waals surface area contributed by atoms with Crippen molar-refractivity contribution >= 4 is 35.0 Å². The Bertz CT molecular complexity index is 792. The van der Waals surface area contributed by atoms with Crippen LogP contribution in [-0.4, -0.2) is 16.1 Å². The summed E-state index contributed by atoms with van der Waals surface area (Å²) in [6, 6.07) is 20.1. The summed E-state index contributed by atoms with van der Waals surface area (Å²) in [6.07, 6.45) is 0. The van der Waals surface area contributed by atoms with E-state index in [1.807, 2.05) is 54.6 Å². The number of carbonyl (C=O) groups excluding carboxylic acids is 1. The largest absolute Gasteiger partial charge is 0.321 e. The van der Waals surface area contributed by atoms with E-state index in [2.05, 4.69) is 15.5 Å². The van der Waals surface area contributed by atoms with Gasteiger partial charge in [0.05, 0.1) is 0 Å². The topological polar surface area (TPSA) is 54.9 Å². The van der Waals surface area contributed by atoms with Crippen molar-refractivity contribution in [2.24, 2.45) is 0 Å². The minimum atomic E-state index is -0.285. The van der Waals surface area contributed by atoms with Gasteiger partial charge in [-0.2, -0.15) is 0 Å². The Labute approximate surface area is 142 Å². The van der Waals surface area contributed by atoms with Crippen LogP contribution in [0.2, 0.25) is 5.02 Å². The summed E-state index contributed by atoms with van der Waals surface area (Å²) in [6.45, 7) is 0. The molecule has 0 atom stereocenters. The van der Waals surface area contributed by atoms with Gasteiger partial charge >= 0.3 is 0 Å². The van der Waals surface area contributed by atoms with Gasteiger partial charge in [0.15, 0.2) is 5.69 Å². The van der Waals surface area contributed by atoms with Crippen molar-refractivity contribution in [3.8, 4) is 0 Å². The molecule has 23 heavy (non-hydrogen) atoms. The van der Waals surface area contributed by atoms with Gasteiger partial charge in [0, 0.05) is 15.6 Å². The van der Waals surface area contributed by atoms with Crippen LogP contribution in [0.15, 0.2) is 76.7 Å². The third-order valence-electron chi connectivity index (χ3n) is 2.94. The maximum absolute atomic E-state index is 12.1. The Hall–Kier alpha value is -2.37. The Balaban J connectivity index is 1.66. The molecule has 1 aromatic heterocycles. The van der Waals surface area contributed by atoms with Crippen LogP contribution in [0.3, 0.4) is 0 Å². The lowest BCUT2D eigenvalue weighted by Gasteiger charge is -2.04. The maximum atomic E-state index is 12.1. The molecule has 4 nitrogen and oxygen atoms in total. The molecule has 2 aromatic carbocycles. The molecule has 0 radical (unpaired) electrons. The van der Waals surface area contributed by atoms with E-state index in [1.54, 1.807) is 12.1 Å². The number of hydrogen-bond acceptors (Lipinski definition) is 4. The lowest BCUT2D eigenvalue weighted by molar-refractivity contribution is 0.102. The average molecular weight is 342 g/mol. The molecular weight excluding hydrogens is 330 g/mol. The molecule has 1 heterocycles. The molecule has 3 aromatic rings. The summed E-state index contributed by atoms with van der Waals surface area (Å²) in [5.41, 5.74) is 0.994. The van der Waals surface area contributed by atoms with E-state index in [1.165, 1.54) is 11.8 Å². The SMILES string of the molecule is O=C(Nc1ccccc1)c1ccc(Sc2ccc(Cl)cc2)nn1. The highest BCUT2D eigenvalue weighted by molar-refractivity contribution is 7.99. The smallest absolute Gasteiger partial charge is 0.276 e. The van der Waals surface area contributed by atoms with Crippen molar-refractivity contribution in [2.75, 3.05) is 5.32 Å². The molecule has 0 saturated heterocycles. The van der Waals surface area contributed by atoms with Crippen molar-refractivity contribution in [1.29, 1.82) is 0 Å². The summed E-state index contributed by atoms with van der Waals surface area (Å²) in [5, 5.41) is 12.2. The first-order chi connectivity index (χ1) is 11.2. The zero-order valence-corrected chi connectivity index (χ0v) is 13.5. The molecule has 3 rings (SSSR count). The molecule has 0 fully saturated rings. The van der Waals surface area contributed by atoms with Crippen LogP contribution < -0.4 is 5.32 Å². The van der Waals surface area contributed by atoms with E-state index in [9.17, 15) is 4.79 Å². The molecule has 0 aliphatic heterocycles. The average Bonchev–Trinajstić information content (AvgIpc) is 2.58. The van der Waals surface area contributed by atoms with E-state index in [0.29, 0.717) is 10.0 Å². The molecule has 6 heteroatoms. The minimum absolute atomic E-state index is 0.273. The molecule has 1 N–H and O–H groups in total. The number of halogens is 1. The lowest BCUT2D eigenvalue weighted by Crippen LogP contribution is -2.14. The second kappa shape index (κ2) is 7.26. The number of para-hydroxylation sites is 1. The standard InChI is InChI=1S/C17H12ClN3OS/c18-12-6-8-14(9-7-12)23-16-11-10-15(20-21-16)17(22)19-13-4-2-1-3-5-13/h1-11H,(H,19,22). The highest BCUT2D eigenvalue weighted by Gasteiger charge is 2.09. The fraction of sp³-hybridized carbons (Fsp3) is 0. The highest BCUT2D eigenvalue weighted by atomic mass is 35.5. The first kappa shape index (κ1) is 15.5. The van der Waals surface area contributed by atoms with E-state index < -0.39 is 0 Å². The summed E-state index contributed by atoms with van der Waals surface area (Å²) in [4.78, 5) is 13.1. The van der Waals surface area contributed by atoms with Crippen molar-refractivity contribution in [3.05, 3.63) is 77.4 Å². The Kier molecular flexibility index (Phi) is 4.90. The summed E-state index contributed by atoms with van der Waals surface area (Å²) < 4.78 is 0. The Morgan fingerprint density at radius 2 is 1.65 bits per heavy atom. The maximum Gasteiger partial charge on any atom is 0.276 e. The van der Waals surface area contributed by atoms with Crippen LogP contribution in [-0.2, 0) is 0 Å². The van der Waals surface area contributed by atoms with Crippen molar-refractivity contribution < 1.29 is 4.79 Å². The zero-order valence-electron chi connectivity index (χ0n) is 11.9. The van der Waals surface area contributed by atoms with Gasteiger partial charge in [0.1, 0.15) is 5.03 Å². The fourth-order valence-corrected chi connectivity index (χ4v) is 2.69. The predicted octanol–water partition coefficient (Wildman–Crippen LogP) is 4.53. The number of amides is 1. The van der Waals surface area contributed by atoms with E-state index >= 15 is 0 Å². The van der Waals surface area contributed by atoms with Crippen LogP contribution in [0.25, 0.3) is 0 Å². The van der Waals surface area contributed by atoms with E-state index in [-0.39, 0.29) is 11.6 Å². The Morgan fingerprint density at radius 1 is 0.913 bits per heavy atom. The Morgan fingerprint density at radius 3 is 2.30 bits per heavy atom. The van der Waals surface area contributed by atoms with Gasteiger partial charge in [-0.1, -0.05) is 41.6 Å². The molecule has 0 unspecified atom stereocenters. The summed E-state index contributed by atoms with van der Waals surface area (Å²) >= 11 is 7.31. The molecule has 0 spiro atoms. The monoisotopic (exact) mass is 341 g/mol. The first-order valence-corrected chi connectivity index (χ1v) is 8.04. The number of nitrogens with zero attached hydrogens (tertiary/aromatic N) is 2. The van der Waals surface area contributed by atoms with Crippen molar-refractivity contribution in [3.63, 3.8) is 0 Å². The number of anilines is 1. The van der Waals surface area contributed by atoms with Crippen LogP contribution in [0.4, 0.5) is 5.69 Å². The van der Waals surface area contributed by atoms with Gasteiger partial charge in [0.25, 0.3) is 5.91 Å². The molecule has 0 aliphatic carbocycles. The van der Waals surface area contributed by atoms with E-state index in [4.69, 9.17) is 11.6 Å². The van der Waals surface area contributed by atoms with Crippen molar-refractivity contribution in [1.82, 2.24) is 10.2 Å². The summed E-state index contributed by atoms with van der Waals surface area (Å²) in [7, 11) is 0. The molecule has 114 valence electrons. The van der Waals surface area contributed by atoms with Crippen LogP contribution in [0.5, 0.6) is 0 Å². The molecule has 0 bridgehead atoms. The molecule has 1 amide bonds. The number of carbonyl (C=O) groups is 1. The second-order valence-electron chi connectivity index (χ2n) is 4.63. The predicted molar refractivity (Wildman–Crippen MR) is 92.0 cm³/mol. The molecular formula is C17H12ClN3OS. The highest BCUT2D eigenvalue weighted by Crippen LogP contribution is 2.26.